The lowest BCUT2D eigenvalue weighted by Gasteiger charge is -2.22. The third kappa shape index (κ3) is 2.77. The molecule has 1 amide bonds. The van der Waals surface area contributed by atoms with Crippen LogP contribution in [0.5, 0.6) is 0 Å². The van der Waals surface area contributed by atoms with Crippen LogP contribution in [-0.2, 0) is 6.54 Å². The molecule has 1 saturated heterocycles. The summed E-state index contributed by atoms with van der Waals surface area (Å²) in [6.45, 7) is 5.42. The molecule has 0 unspecified atom stereocenters. The van der Waals surface area contributed by atoms with Gasteiger partial charge in [0.25, 0.3) is 5.91 Å². The highest BCUT2D eigenvalue weighted by Gasteiger charge is 2.34. The summed E-state index contributed by atoms with van der Waals surface area (Å²) < 4.78 is 1.84. The van der Waals surface area contributed by atoms with Gasteiger partial charge in [-0.25, -0.2) is 4.98 Å². The molecule has 0 saturated carbocycles. The quantitative estimate of drug-likeness (QED) is 0.779. The number of hydrogen-bond acceptors (Lipinski definition) is 5. The van der Waals surface area contributed by atoms with Crippen molar-refractivity contribution in [3.8, 4) is 11.4 Å². The maximum Gasteiger partial charge on any atom is 0.257 e. The van der Waals surface area contributed by atoms with Gasteiger partial charge in [0.2, 0.25) is 0 Å². The van der Waals surface area contributed by atoms with Gasteiger partial charge in [-0.2, -0.15) is 10.2 Å². The molecular formula is C18H21N7O. The number of rotatable bonds is 4. The summed E-state index contributed by atoms with van der Waals surface area (Å²) in [6, 6.07) is 3.65. The SMILES string of the molecule is CCn1ncc(C(=O)N2CCC[C@H]2c2nc(-c3ccncc3)n[nH]2)c1C. The zero-order valence-corrected chi connectivity index (χ0v) is 14.9. The molecule has 0 radical (unpaired) electrons. The smallest absolute Gasteiger partial charge is 0.257 e. The Kier molecular flexibility index (Phi) is 4.24. The van der Waals surface area contributed by atoms with E-state index >= 15 is 0 Å². The Balaban J connectivity index is 1.60. The van der Waals surface area contributed by atoms with Crippen molar-refractivity contribution in [3.05, 3.63) is 47.8 Å². The van der Waals surface area contributed by atoms with Crippen molar-refractivity contribution in [1.82, 2.24) is 34.8 Å². The Bertz CT molecular complexity index is 915. The standard InChI is InChI=1S/C18H21N7O/c1-3-25-12(2)14(11-20-25)18(26)24-10-4-5-15(24)17-21-16(22-23-17)13-6-8-19-9-7-13/h6-9,11,15H,3-5,10H2,1-2H3,(H,21,22,23)/t15-/m0/s1. The number of aromatic nitrogens is 6. The molecule has 1 atom stereocenters. The number of nitrogens with one attached hydrogen (secondary N) is 1. The van der Waals surface area contributed by atoms with Gasteiger partial charge in [0, 0.05) is 36.7 Å². The van der Waals surface area contributed by atoms with E-state index in [1.807, 2.05) is 35.6 Å². The lowest BCUT2D eigenvalue weighted by molar-refractivity contribution is 0.0729. The normalized spacial score (nSPS) is 17.0. The van der Waals surface area contributed by atoms with Crippen molar-refractivity contribution in [2.24, 2.45) is 0 Å². The fourth-order valence-corrected chi connectivity index (χ4v) is 3.48. The third-order valence-electron chi connectivity index (χ3n) is 4.90. The van der Waals surface area contributed by atoms with E-state index in [4.69, 9.17) is 0 Å². The van der Waals surface area contributed by atoms with Crippen LogP contribution >= 0.6 is 0 Å². The van der Waals surface area contributed by atoms with Crippen molar-refractivity contribution in [2.75, 3.05) is 6.54 Å². The van der Waals surface area contributed by atoms with Crippen molar-refractivity contribution in [1.29, 1.82) is 0 Å². The minimum absolute atomic E-state index is 0.00608. The number of likely N-dealkylation sites (tertiary alicyclic amines) is 1. The number of nitrogens with zero attached hydrogens (tertiary/aromatic N) is 6. The monoisotopic (exact) mass is 351 g/mol. The van der Waals surface area contributed by atoms with Crippen molar-refractivity contribution < 1.29 is 4.79 Å². The van der Waals surface area contributed by atoms with Crippen LogP contribution in [0.25, 0.3) is 11.4 Å². The van der Waals surface area contributed by atoms with Crippen LogP contribution < -0.4 is 0 Å². The number of hydrogen-bond donors (Lipinski definition) is 1. The van der Waals surface area contributed by atoms with Gasteiger partial charge in [-0.05, 0) is 38.8 Å². The fourth-order valence-electron chi connectivity index (χ4n) is 3.48. The molecule has 1 aliphatic heterocycles. The summed E-state index contributed by atoms with van der Waals surface area (Å²) in [6.07, 6.45) is 6.91. The number of carbonyl (C=O) groups excluding carboxylic acids is 1. The lowest BCUT2D eigenvalue weighted by Crippen LogP contribution is -2.31. The van der Waals surface area contributed by atoms with E-state index in [0.29, 0.717) is 17.9 Å². The van der Waals surface area contributed by atoms with Gasteiger partial charge < -0.3 is 4.90 Å². The maximum absolute atomic E-state index is 13.1. The lowest BCUT2D eigenvalue weighted by atomic mass is 10.1. The van der Waals surface area contributed by atoms with E-state index in [0.717, 1.165) is 36.5 Å². The molecule has 1 aliphatic rings. The highest BCUT2D eigenvalue weighted by atomic mass is 16.2. The van der Waals surface area contributed by atoms with E-state index in [9.17, 15) is 4.79 Å². The second-order valence-electron chi connectivity index (χ2n) is 6.40. The molecule has 4 rings (SSSR count). The molecule has 134 valence electrons. The Hall–Kier alpha value is -3.03. The molecule has 3 aromatic heterocycles. The van der Waals surface area contributed by atoms with Crippen LogP contribution in [0.4, 0.5) is 0 Å². The van der Waals surface area contributed by atoms with E-state index in [1.165, 1.54) is 0 Å². The predicted octanol–water partition coefficient (Wildman–Crippen LogP) is 2.37. The minimum Gasteiger partial charge on any atom is -0.328 e. The van der Waals surface area contributed by atoms with Crippen molar-refractivity contribution in [2.45, 2.75) is 39.3 Å². The van der Waals surface area contributed by atoms with Crippen LogP contribution in [0.15, 0.2) is 30.7 Å². The summed E-state index contributed by atoms with van der Waals surface area (Å²) in [5, 5.41) is 11.6. The molecule has 3 aromatic rings. The van der Waals surface area contributed by atoms with Crippen LogP contribution in [0.2, 0.25) is 0 Å². The van der Waals surface area contributed by atoms with E-state index in [2.05, 4.69) is 25.3 Å². The van der Waals surface area contributed by atoms with E-state index < -0.39 is 0 Å². The molecule has 1 fully saturated rings. The molecule has 0 spiro atoms. The average Bonchev–Trinajstić information content (AvgIpc) is 3.40. The summed E-state index contributed by atoms with van der Waals surface area (Å²) in [5.74, 6) is 1.35. The first kappa shape index (κ1) is 16.4. The molecule has 4 heterocycles. The topological polar surface area (TPSA) is 92.6 Å². The van der Waals surface area contributed by atoms with Gasteiger partial charge in [-0.1, -0.05) is 0 Å². The highest BCUT2D eigenvalue weighted by Crippen LogP contribution is 2.32. The second kappa shape index (κ2) is 6.70. The second-order valence-corrected chi connectivity index (χ2v) is 6.40. The predicted molar refractivity (Wildman–Crippen MR) is 95.3 cm³/mol. The first-order valence-corrected chi connectivity index (χ1v) is 8.85. The van der Waals surface area contributed by atoms with Gasteiger partial charge in [-0.3, -0.25) is 19.6 Å². The number of aryl methyl sites for hydroxylation is 1. The number of pyridine rings is 1. The molecule has 0 bridgehead atoms. The highest BCUT2D eigenvalue weighted by molar-refractivity contribution is 5.95. The Morgan fingerprint density at radius 1 is 1.35 bits per heavy atom. The molecule has 0 aromatic carbocycles. The van der Waals surface area contributed by atoms with Crippen LogP contribution in [0.3, 0.4) is 0 Å². The number of amides is 1. The largest absolute Gasteiger partial charge is 0.328 e. The first-order valence-electron chi connectivity index (χ1n) is 8.85. The average molecular weight is 351 g/mol. The molecule has 1 N–H and O–H groups in total. The van der Waals surface area contributed by atoms with E-state index in [1.54, 1.807) is 18.6 Å². The van der Waals surface area contributed by atoms with Crippen LogP contribution in [-0.4, -0.2) is 47.3 Å². The van der Waals surface area contributed by atoms with Gasteiger partial charge in [0.15, 0.2) is 5.82 Å². The maximum atomic E-state index is 13.1. The number of carbonyl (C=O) groups is 1. The van der Waals surface area contributed by atoms with Gasteiger partial charge in [-0.15, -0.1) is 0 Å². The van der Waals surface area contributed by atoms with Crippen molar-refractivity contribution in [3.63, 3.8) is 0 Å². The summed E-state index contributed by atoms with van der Waals surface area (Å²) in [7, 11) is 0. The summed E-state index contributed by atoms with van der Waals surface area (Å²) in [4.78, 5) is 23.6. The summed E-state index contributed by atoms with van der Waals surface area (Å²) >= 11 is 0. The molecular weight excluding hydrogens is 330 g/mol. The summed E-state index contributed by atoms with van der Waals surface area (Å²) in [5.41, 5.74) is 2.46. The van der Waals surface area contributed by atoms with Crippen LogP contribution in [0.1, 0.15) is 47.7 Å². The van der Waals surface area contributed by atoms with Crippen molar-refractivity contribution >= 4 is 5.91 Å². The van der Waals surface area contributed by atoms with Gasteiger partial charge in [0.05, 0.1) is 17.8 Å². The van der Waals surface area contributed by atoms with E-state index in [-0.39, 0.29) is 11.9 Å². The number of aromatic amines is 1. The number of H-pyrrole nitrogens is 1. The first-order chi connectivity index (χ1) is 12.7. The molecule has 0 aliphatic carbocycles. The molecule has 8 nitrogen and oxygen atoms in total. The Morgan fingerprint density at radius 2 is 2.15 bits per heavy atom. The fraction of sp³-hybridized carbons (Fsp3) is 0.389. The minimum atomic E-state index is -0.0880. The third-order valence-corrected chi connectivity index (χ3v) is 4.90. The molecule has 26 heavy (non-hydrogen) atoms. The van der Waals surface area contributed by atoms with Gasteiger partial charge >= 0.3 is 0 Å². The zero-order valence-electron chi connectivity index (χ0n) is 14.9. The molecule has 8 heteroatoms. The zero-order chi connectivity index (χ0) is 18.1. The Labute approximate surface area is 151 Å². The van der Waals surface area contributed by atoms with Crippen LogP contribution in [0, 0.1) is 6.92 Å². The Morgan fingerprint density at radius 3 is 2.88 bits per heavy atom. The van der Waals surface area contributed by atoms with Gasteiger partial charge in [0.1, 0.15) is 5.82 Å².